The number of phenolic OH excluding ortho intramolecular Hbond substituents is 1. The van der Waals surface area contributed by atoms with Gasteiger partial charge in [-0.1, -0.05) is 12.1 Å². The van der Waals surface area contributed by atoms with E-state index in [1.165, 1.54) is 7.11 Å². The number of nitrogens with one attached hydrogen (secondary N) is 1. The normalized spacial score (nSPS) is 10.6. The first kappa shape index (κ1) is 15.1. The van der Waals surface area contributed by atoms with Gasteiger partial charge in [0.15, 0.2) is 0 Å². The van der Waals surface area contributed by atoms with Gasteiger partial charge in [0.2, 0.25) is 0 Å². The van der Waals surface area contributed by atoms with Crippen molar-refractivity contribution in [1.29, 1.82) is 0 Å². The van der Waals surface area contributed by atoms with Gasteiger partial charge in [-0.25, -0.2) is 4.79 Å². The van der Waals surface area contributed by atoms with Gasteiger partial charge in [-0.05, 0) is 43.7 Å². The van der Waals surface area contributed by atoms with Gasteiger partial charge in [0.05, 0.1) is 13.7 Å². The summed E-state index contributed by atoms with van der Waals surface area (Å²) in [6.07, 6.45) is 0.851. The molecule has 1 heterocycles. The van der Waals surface area contributed by atoms with Crippen LogP contribution in [0.15, 0.2) is 34.7 Å². The monoisotopic (exact) mass is 289 g/mol. The van der Waals surface area contributed by atoms with Crippen molar-refractivity contribution in [2.75, 3.05) is 13.7 Å². The summed E-state index contributed by atoms with van der Waals surface area (Å²) < 4.78 is 10.2. The Morgan fingerprint density at radius 2 is 2.05 bits per heavy atom. The van der Waals surface area contributed by atoms with Crippen LogP contribution < -0.4 is 5.32 Å². The molecule has 2 N–H and O–H groups in total. The molecule has 0 unspecified atom stereocenters. The molecule has 112 valence electrons. The van der Waals surface area contributed by atoms with Crippen molar-refractivity contribution in [3.8, 4) is 5.75 Å². The molecule has 0 radical (unpaired) electrons. The highest BCUT2D eigenvalue weighted by Gasteiger charge is 2.14. The SMILES string of the molecule is COC(=O)c1cc(CNCCc2ccc(O)cc2)oc1C. The molecule has 0 atom stereocenters. The van der Waals surface area contributed by atoms with Gasteiger partial charge >= 0.3 is 5.97 Å². The van der Waals surface area contributed by atoms with Crippen LogP contribution in [-0.2, 0) is 17.7 Å². The van der Waals surface area contributed by atoms with Crippen LogP contribution in [0.2, 0.25) is 0 Å². The maximum Gasteiger partial charge on any atom is 0.341 e. The number of hydrogen-bond acceptors (Lipinski definition) is 5. The number of ether oxygens (including phenoxy) is 1. The summed E-state index contributed by atoms with van der Waals surface area (Å²) >= 11 is 0. The molecule has 0 bridgehead atoms. The molecule has 0 aliphatic heterocycles. The minimum absolute atomic E-state index is 0.271. The largest absolute Gasteiger partial charge is 0.508 e. The Labute approximate surface area is 123 Å². The lowest BCUT2D eigenvalue weighted by molar-refractivity contribution is 0.0599. The molecule has 5 heteroatoms. The molecule has 1 aromatic carbocycles. The van der Waals surface area contributed by atoms with Gasteiger partial charge in [-0.2, -0.15) is 0 Å². The molecule has 5 nitrogen and oxygen atoms in total. The first-order valence-corrected chi connectivity index (χ1v) is 6.76. The number of carbonyl (C=O) groups is 1. The highest BCUT2D eigenvalue weighted by molar-refractivity contribution is 5.90. The van der Waals surface area contributed by atoms with Crippen LogP contribution in [0.4, 0.5) is 0 Å². The van der Waals surface area contributed by atoms with Crippen LogP contribution in [0.3, 0.4) is 0 Å². The summed E-state index contributed by atoms with van der Waals surface area (Å²) in [5.74, 6) is 1.16. The Morgan fingerprint density at radius 1 is 1.33 bits per heavy atom. The topological polar surface area (TPSA) is 71.7 Å². The third-order valence-electron chi connectivity index (χ3n) is 3.20. The zero-order valence-electron chi connectivity index (χ0n) is 12.2. The fraction of sp³-hybridized carbons (Fsp3) is 0.312. The fourth-order valence-corrected chi connectivity index (χ4v) is 2.05. The van der Waals surface area contributed by atoms with E-state index in [2.05, 4.69) is 10.1 Å². The number of carbonyl (C=O) groups excluding carboxylic acids is 1. The molecule has 0 saturated heterocycles. The Balaban J connectivity index is 1.81. The van der Waals surface area contributed by atoms with Crippen molar-refractivity contribution >= 4 is 5.97 Å². The standard InChI is InChI=1S/C16H19NO4/c1-11-15(16(19)20-2)9-14(21-11)10-17-8-7-12-3-5-13(18)6-4-12/h3-6,9,17-18H,7-8,10H2,1-2H3. The van der Waals surface area contributed by atoms with Crippen LogP contribution in [0.25, 0.3) is 0 Å². The second-order valence-corrected chi connectivity index (χ2v) is 4.77. The second-order valence-electron chi connectivity index (χ2n) is 4.77. The van der Waals surface area contributed by atoms with Crippen molar-refractivity contribution < 1.29 is 19.1 Å². The van der Waals surface area contributed by atoms with E-state index in [0.29, 0.717) is 23.6 Å². The third-order valence-corrected chi connectivity index (χ3v) is 3.20. The Kier molecular flexibility index (Phi) is 5.00. The van der Waals surface area contributed by atoms with Crippen LogP contribution in [0.1, 0.15) is 27.4 Å². The molecular formula is C16H19NO4. The average molecular weight is 289 g/mol. The molecule has 0 amide bonds. The Bertz CT molecular complexity index is 601. The number of rotatable bonds is 6. The molecule has 0 fully saturated rings. The molecule has 1 aromatic heterocycles. The Hall–Kier alpha value is -2.27. The van der Waals surface area contributed by atoms with Crippen molar-refractivity contribution in [1.82, 2.24) is 5.32 Å². The van der Waals surface area contributed by atoms with E-state index in [-0.39, 0.29) is 11.7 Å². The zero-order valence-corrected chi connectivity index (χ0v) is 12.2. The first-order chi connectivity index (χ1) is 10.1. The number of hydrogen-bond donors (Lipinski definition) is 2. The van der Waals surface area contributed by atoms with Crippen LogP contribution in [-0.4, -0.2) is 24.7 Å². The summed E-state index contributed by atoms with van der Waals surface area (Å²) in [4.78, 5) is 11.5. The highest BCUT2D eigenvalue weighted by atomic mass is 16.5. The van der Waals surface area contributed by atoms with Crippen molar-refractivity contribution in [3.63, 3.8) is 0 Å². The maximum absolute atomic E-state index is 11.5. The number of aryl methyl sites for hydroxylation is 1. The average Bonchev–Trinajstić information content (AvgIpc) is 2.85. The lowest BCUT2D eigenvalue weighted by atomic mass is 10.1. The predicted molar refractivity (Wildman–Crippen MR) is 78.3 cm³/mol. The third kappa shape index (κ3) is 4.10. The number of aromatic hydroxyl groups is 1. The van der Waals surface area contributed by atoms with E-state index < -0.39 is 0 Å². The quantitative estimate of drug-likeness (QED) is 0.631. The number of phenols is 1. The molecule has 2 aromatic rings. The number of methoxy groups -OCH3 is 1. The van der Waals surface area contributed by atoms with Gasteiger partial charge in [0.1, 0.15) is 22.8 Å². The molecule has 0 saturated carbocycles. The number of esters is 1. The van der Waals surface area contributed by atoms with Crippen LogP contribution >= 0.6 is 0 Å². The van der Waals surface area contributed by atoms with Crippen molar-refractivity contribution in [2.45, 2.75) is 19.9 Å². The van der Waals surface area contributed by atoms with Crippen LogP contribution in [0, 0.1) is 6.92 Å². The van der Waals surface area contributed by atoms with E-state index in [9.17, 15) is 9.90 Å². The number of benzene rings is 1. The van der Waals surface area contributed by atoms with Gasteiger partial charge in [-0.3, -0.25) is 0 Å². The van der Waals surface area contributed by atoms with E-state index in [4.69, 9.17) is 4.42 Å². The molecule has 21 heavy (non-hydrogen) atoms. The molecular weight excluding hydrogens is 270 g/mol. The van der Waals surface area contributed by atoms with Crippen molar-refractivity contribution in [2.24, 2.45) is 0 Å². The summed E-state index contributed by atoms with van der Waals surface area (Å²) in [6.45, 7) is 3.07. The lowest BCUT2D eigenvalue weighted by Gasteiger charge is -2.03. The van der Waals surface area contributed by atoms with Crippen LogP contribution in [0.5, 0.6) is 5.75 Å². The lowest BCUT2D eigenvalue weighted by Crippen LogP contribution is -2.16. The number of furan rings is 1. The zero-order chi connectivity index (χ0) is 15.2. The second kappa shape index (κ2) is 6.95. The van der Waals surface area contributed by atoms with Gasteiger partial charge in [0.25, 0.3) is 0 Å². The summed E-state index contributed by atoms with van der Waals surface area (Å²) in [5.41, 5.74) is 1.61. The minimum Gasteiger partial charge on any atom is -0.508 e. The predicted octanol–water partition coefficient (Wildman–Crippen LogP) is 2.41. The molecule has 0 aliphatic rings. The van der Waals surface area contributed by atoms with Gasteiger partial charge in [0, 0.05) is 0 Å². The summed E-state index contributed by atoms with van der Waals surface area (Å²) in [5, 5.41) is 12.5. The first-order valence-electron chi connectivity index (χ1n) is 6.76. The van der Waals surface area contributed by atoms with E-state index in [1.54, 1.807) is 25.1 Å². The maximum atomic E-state index is 11.5. The molecule has 0 aliphatic carbocycles. The molecule has 2 rings (SSSR count). The highest BCUT2D eigenvalue weighted by Crippen LogP contribution is 2.15. The van der Waals surface area contributed by atoms with Crippen molar-refractivity contribution in [3.05, 3.63) is 53.0 Å². The summed E-state index contributed by atoms with van der Waals surface area (Å²) in [6, 6.07) is 8.84. The molecule has 0 spiro atoms. The van der Waals surface area contributed by atoms with E-state index in [0.717, 1.165) is 18.5 Å². The van der Waals surface area contributed by atoms with E-state index in [1.807, 2.05) is 12.1 Å². The van der Waals surface area contributed by atoms with E-state index >= 15 is 0 Å². The smallest absolute Gasteiger partial charge is 0.341 e. The van der Waals surface area contributed by atoms with Gasteiger partial charge in [-0.15, -0.1) is 0 Å². The fourth-order valence-electron chi connectivity index (χ4n) is 2.05. The van der Waals surface area contributed by atoms with Gasteiger partial charge < -0.3 is 19.6 Å². The Morgan fingerprint density at radius 3 is 2.71 bits per heavy atom. The minimum atomic E-state index is -0.383. The summed E-state index contributed by atoms with van der Waals surface area (Å²) in [7, 11) is 1.35.